The first-order chi connectivity index (χ1) is 28.7. The van der Waals surface area contributed by atoms with Crippen LogP contribution in [0.1, 0.15) is 11.1 Å². The monoisotopic (exact) mass is 892 g/mol. The van der Waals surface area contributed by atoms with Gasteiger partial charge in [-0.15, -0.1) is 0 Å². The first kappa shape index (κ1) is 44.0. The summed E-state index contributed by atoms with van der Waals surface area (Å²) in [5.74, 6) is 0. The molecular formula is C40H44N8O8S4. The molecule has 4 aromatic carbocycles. The van der Waals surface area contributed by atoms with Crippen molar-refractivity contribution in [2.45, 2.75) is 9.79 Å². The third kappa shape index (κ3) is 12.0. The Morgan fingerprint density at radius 1 is 0.583 bits per heavy atom. The normalized spacial score (nSPS) is 14.5. The van der Waals surface area contributed by atoms with Crippen molar-refractivity contribution in [2.24, 2.45) is 0 Å². The summed E-state index contributed by atoms with van der Waals surface area (Å²) in [6, 6.07) is 27.5. The molecule has 2 aliphatic rings. The molecule has 0 aliphatic carbocycles. The summed E-state index contributed by atoms with van der Waals surface area (Å²) >= 11 is 2.56. The zero-order chi connectivity index (χ0) is 42.9. The van der Waals surface area contributed by atoms with E-state index >= 15 is 0 Å². The molecule has 60 heavy (non-hydrogen) atoms. The second-order valence-corrected chi connectivity index (χ2v) is 18.0. The Hall–Kier alpha value is -5.58. The second kappa shape index (κ2) is 19.7. The van der Waals surface area contributed by atoms with Crippen molar-refractivity contribution in [1.29, 1.82) is 0 Å². The van der Waals surface area contributed by atoms with Crippen LogP contribution in [0.5, 0.6) is 0 Å². The summed E-state index contributed by atoms with van der Waals surface area (Å²) in [5.41, 5.74) is 10.0. The van der Waals surface area contributed by atoms with Crippen molar-refractivity contribution in [1.82, 2.24) is 18.6 Å². The largest absolute Gasteiger partial charge is 0.395 e. The van der Waals surface area contributed by atoms with Crippen LogP contribution in [-0.4, -0.2) is 95.2 Å². The maximum absolute atomic E-state index is 12.7. The molecule has 0 bridgehead atoms. The molecule has 0 fully saturated rings. The minimum absolute atomic E-state index is 0.0442. The van der Waals surface area contributed by atoms with Crippen molar-refractivity contribution in [3.63, 3.8) is 0 Å². The molecule has 0 saturated carbocycles. The summed E-state index contributed by atoms with van der Waals surface area (Å²) in [7, 11) is -5.94. The lowest BCUT2D eigenvalue weighted by Gasteiger charge is -2.31. The highest BCUT2D eigenvalue weighted by Crippen LogP contribution is 2.35. The van der Waals surface area contributed by atoms with E-state index in [1.165, 1.54) is 60.3 Å². The molecule has 0 aromatic heterocycles. The quantitative estimate of drug-likeness (QED) is 0.0310. The predicted octanol–water partition coefficient (Wildman–Crippen LogP) is 6.37. The van der Waals surface area contributed by atoms with E-state index in [9.17, 15) is 36.2 Å². The second-order valence-electron chi connectivity index (χ2n) is 13.3. The van der Waals surface area contributed by atoms with Crippen LogP contribution in [0.15, 0.2) is 153 Å². The highest BCUT2D eigenvalue weighted by molar-refractivity contribution is 8.01. The average molecular weight is 893 g/mol. The number of allylic oxidation sites excluding steroid dienone is 2. The maximum atomic E-state index is 12.7. The van der Waals surface area contributed by atoms with Gasteiger partial charge in [-0.1, -0.05) is 60.7 Å². The third-order valence-electron chi connectivity index (χ3n) is 8.71. The van der Waals surface area contributed by atoms with E-state index in [4.69, 9.17) is 0 Å². The Labute approximate surface area is 358 Å². The van der Waals surface area contributed by atoms with E-state index in [0.717, 1.165) is 21.4 Å². The minimum atomic E-state index is -4.79. The first-order valence-corrected chi connectivity index (χ1v) is 22.7. The molecule has 2 heterocycles. The number of nitrogens with zero attached hydrogens (tertiary/aromatic N) is 4. The molecule has 0 radical (unpaired) electrons. The zero-order valence-electron chi connectivity index (χ0n) is 32.4. The molecule has 4 aromatic rings. The van der Waals surface area contributed by atoms with E-state index in [1.54, 1.807) is 33.4 Å². The van der Waals surface area contributed by atoms with Gasteiger partial charge in [0.15, 0.2) is 0 Å². The molecule has 16 nitrogen and oxygen atoms in total. The van der Waals surface area contributed by atoms with Crippen LogP contribution in [-0.2, 0) is 20.2 Å². The first-order valence-electron chi connectivity index (χ1n) is 18.2. The molecule has 0 saturated heterocycles. The van der Waals surface area contributed by atoms with Crippen molar-refractivity contribution in [3.05, 3.63) is 154 Å². The molecule has 2 aliphatic heterocycles. The van der Waals surface area contributed by atoms with Crippen molar-refractivity contribution in [2.75, 3.05) is 61.9 Å². The molecule has 20 heteroatoms. The number of likely N-dealkylation sites (N-methyl/N-ethyl adjacent to an activating group) is 2. The van der Waals surface area contributed by atoms with Gasteiger partial charge in [0.05, 0.1) is 58.4 Å². The van der Waals surface area contributed by atoms with Crippen molar-refractivity contribution < 1.29 is 36.2 Å². The van der Waals surface area contributed by atoms with Crippen LogP contribution in [0, 0.1) is 0 Å². The number of hydrazine groups is 2. The SMILES string of the molecule is CN(CCO)C1=CC(Nc2ccccc2)=CN(Nc2ccc(C=Cc3ccc(NN4C=C(Nc5ccccc5)C=C(N(C)CCO)S4)cc3S(=O)(=O)O)c(S(=O)(=O)O)c2)S1. The minimum Gasteiger partial charge on any atom is -0.395 e. The highest BCUT2D eigenvalue weighted by atomic mass is 32.2. The molecule has 316 valence electrons. The van der Waals surface area contributed by atoms with E-state index in [1.807, 2.05) is 96.7 Å². The van der Waals surface area contributed by atoms with Crippen LogP contribution >= 0.6 is 23.9 Å². The number of para-hydroxylation sites is 2. The number of hydrogen-bond donors (Lipinski definition) is 8. The van der Waals surface area contributed by atoms with Gasteiger partial charge in [0.25, 0.3) is 20.2 Å². The number of aliphatic hydroxyl groups excluding tert-OH is 2. The lowest BCUT2D eigenvalue weighted by molar-refractivity contribution is 0.251. The van der Waals surface area contributed by atoms with Crippen LogP contribution in [0.25, 0.3) is 12.2 Å². The Morgan fingerprint density at radius 2 is 0.967 bits per heavy atom. The molecule has 8 N–H and O–H groups in total. The van der Waals surface area contributed by atoms with Gasteiger partial charge < -0.3 is 30.6 Å². The van der Waals surface area contributed by atoms with E-state index in [0.29, 0.717) is 35.9 Å². The lowest BCUT2D eigenvalue weighted by Crippen LogP contribution is -2.28. The van der Waals surface area contributed by atoms with E-state index in [-0.39, 0.29) is 24.3 Å². The lowest BCUT2D eigenvalue weighted by atomic mass is 10.1. The summed E-state index contributed by atoms with van der Waals surface area (Å²) in [6.45, 7) is 0.588. The summed E-state index contributed by atoms with van der Waals surface area (Å²) in [6.07, 6.45) is 9.98. The van der Waals surface area contributed by atoms with Gasteiger partial charge >= 0.3 is 0 Å². The van der Waals surface area contributed by atoms with Crippen LogP contribution in [0.2, 0.25) is 0 Å². The Bertz CT molecular complexity index is 2360. The van der Waals surface area contributed by atoms with E-state index in [2.05, 4.69) is 21.5 Å². The van der Waals surface area contributed by atoms with Gasteiger partial charge in [-0.25, -0.2) is 8.83 Å². The molecule has 0 atom stereocenters. The van der Waals surface area contributed by atoms with Gasteiger partial charge in [0.2, 0.25) is 0 Å². The molecule has 0 spiro atoms. The number of rotatable bonds is 18. The fourth-order valence-electron chi connectivity index (χ4n) is 5.77. The van der Waals surface area contributed by atoms with Crippen molar-refractivity contribution in [3.8, 4) is 0 Å². The van der Waals surface area contributed by atoms with Gasteiger partial charge in [0.1, 0.15) is 9.79 Å². The zero-order valence-corrected chi connectivity index (χ0v) is 35.6. The summed E-state index contributed by atoms with van der Waals surface area (Å²) in [5, 5.41) is 27.3. The topological polar surface area (TPSA) is 210 Å². The molecule has 0 unspecified atom stereocenters. The number of hydrogen-bond acceptors (Lipinski definition) is 16. The van der Waals surface area contributed by atoms with E-state index < -0.39 is 30.0 Å². The van der Waals surface area contributed by atoms with Crippen LogP contribution in [0.4, 0.5) is 22.7 Å². The van der Waals surface area contributed by atoms with Crippen LogP contribution < -0.4 is 21.5 Å². The summed E-state index contributed by atoms with van der Waals surface area (Å²) < 4.78 is 74.7. The standard InChI is InChI=1S/C40H44N8O8S4/c1-45(19-21-49)39-25-35(41-31-9-5-3-6-10-31)27-47(57-39)43-33-17-15-29(37(23-33)59(51,52)53)13-14-30-16-18-34(24-38(30)60(54,55)56)44-48-28-36(42-32-11-7-4-8-12-32)26-40(58-48)46(2)20-22-50/h3-18,23-28,41-44,49-50H,19-22H2,1-2H3,(H,51,52,53)(H,54,55,56). The molecular weight excluding hydrogens is 849 g/mol. The smallest absolute Gasteiger partial charge is 0.295 e. The number of anilines is 4. The fraction of sp³-hybridized carbons (Fsp3) is 0.150. The maximum Gasteiger partial charge on any atom is 0.295 e. The number of benzene rings is 4. The van der Waals surface area contributed by atoms with Gasteiger partial charge in [-0.05, 0) is 71.8 Å². The molecule has 6 rings (SSSR count). The average Bonchev–Trinajstić information content (AvgIpc) is 3.20. The van der Waals surface area contributed by atoms with Crippen molar-refractivity contribution >= 4 is 79.0 Å². The number of aliphatic hydroxyl groups is 2. The Morgan fingerprint density at radius 3 is 1.32 bits per heavy atom. The highest BCUT2D eigenvalue weighted by Gasteiger charge is 2.22. The predicted molar refractivity (Wildman–Crippen MR) is 239 cm³/mol. The van der Waals surface area contributed by atoms with Gasteiger partial charge in [-0.3, -0.25) is 20.0 Å². The molecule has 0 amide bonds. The van der Waals surface area contributed by atoms with Crippen LogP contribution in [0.3, 0.4) is 0 Å². The number of nitrogens with one attached hydrogen (secondary N) is 4. The van der Waals surface area contributed by atoms with Gasteiger partial charge in [0, 0.05) is 62.5 Å². The Kier molecular flexibility index (Phi) is 14.4. The fourth-order valence-corrected chi connectivity index (χ4v) is 9.05. The Balaban J connectivity index is 1.24. The third-order valence-corrected chi connectivity index (χ3v) is 12.5. The van der Waals surface area contributed by atoms with Gasteiger partial charge in [-0.2, -0.15) is 16.8 Å². The summed E-state index contributed by atoms with van der Waals surface area (Å²) in [4.78, 5) is 2.80.